The summed E-state index contributed by atoms with van der Waals surface area (Å²) in [7, 11) is -3.51. The molecular weight excluding hydrogens is 360 g/mol. The first-order valence-electron chi connectivity index (χ1n) is 9.18. The van der Waals surface area contributed by atoms with E-state index in [9.17, 15) is 13.2 Å². The Bertz CT molecular complexity index is 925. The molecule has 0 N–H and O–H groups in total. The van der Waals surface area contributed by atoms with Gasteiger partial charge in [0.25, 0.3) is 0 Å². The fourth-order valence-electron chi connectivity index (χ4n) is 3.80. The molecule has 0 aromatic heterocycles. The number of para-hydroxylation sites is 2. The van der Waals surface area contributed by atoms with Crippen LogP contribution in [-0.4, -0.2) is 26.6 Å². The molecule has 27 heavy (non-hydrogen) atoms. The molecule has 3 rings (SSSR count). The Morgan fingerprint density at radius 1 is 1.07 bits per heavy atom. The summed E-state index contributed by atoms with van der Waals surface area (Å²) >= 11 is 0. The topological polar surface area (TPSA) is 57.7 Å². The second-order valence-electron chi connectivity index (χ2n) is 7.42. The van der Waals surface area contributed by atoms with Gasteiger partial charge >= 0.3 is 0 Å². The van der Waals surface area contributed by atoms with Crippen molar-refractivity contribution in [3.8, 4) is 0 Å². The number of sulfonamides is 1. The molecule has 2 aromatic rings. The lowest BCUT2D eigenvalue weighted by Crippen LogP contribution is -2.48. The first kappa shape index (κ1) is 19.4. The Hall–Kier alpha value is -2.34. The lowest BCUT2D eigenvalue weighted by Gasteiger charge is -2.43. The first-order chi connectivity index (χ1) is 12.7. The van der Waals surface area contributed by atoms with E-state index in [1.807, 2.05) is 68.1 Å². The van der Waals surface area contributed by atoms with Gasteiger partial charge in [-0.2, -0.15) is 0 Å². The summed E-state index contributed by atoms with van der Waals surface area (Å²) in [6.07, 6.45) is 1.77. The van der Waals surface area contributed by atoms with Crippen molar-refractivity contribution >= 4 is 27.3 Å². The van der Waals surface area contributed by atoms with Gasteiger partial charge in [-0.15, -0.1) is 0 Å². The molecule has 0 fully saturated rings. The van der Waals surface area contributed by atoms with Crippen LogP contribution in [0.15, 0.2) is 54.6 Å². The van der Waals surface area contributed by atoms with E-state index in [0.717, 1.165) is 11.3 Å². The van der Waals surface area contributed by atoms with E-state index < -0.39 is 10.0 Å². The minimum atomic E-state index is -3.51. The van der Waals surface area contributed by atoms with Crippen LogP contribution in [0.3, 0.4) is 0 Å². The van der Waals surface area contributed by atoms with Gasteiger partial charge in [-0.1, -0.05) is 50.2 Å². The molecule has 1 amide bonds. The lowest BCUT2D eigenvalue weighted by molar-refractivity contribution is -0.122. The summed E-state index contributed by atoms with van der Waals surface area (Å²) in [4.78, 5) is 14.6. The molecule has 1 aliphatic rings. The van der Waals surface area contributed by atoms with Crippen molar-refractivity contribution in [1.29, 1.82) is 0 Å². The molecule has 6 heteroatoms. The highest BCUT2D eigenvalue weighted by molar-refractivity contribution is 7.92. The van der Waals surface area contributed by atoms with E-state index in [2.05, 4.69) is 0 Å². The smallest absolute Gasteiger partial charge is 0.232 e. The number of hydrogen-bond acceptors (Lipinski definition) is 3. The summed E-state index contributed by atoms with van der Waals surface area (Å²) in [6, 6.07) is 16.3. The quantitative estimate of drug-likeness (QED) is 0.799. The van der Waals surface area contributed by atoms with Gasteiger partial charge in [-0.3, -0.25) is 9.10 Å². The average molecular weight is 387 g/mol. The summed E-state index contributed by atoms with van der Waals surface area (Å²) in [5.74, 6) is -0.0730. The molecule has 2 atom stereocenters. The van der Waals surface area contributed by atoms with E-state index in [-0.39, 0.29) is 23.9 Å². The van der Waals surface area contributed by atoms with Gasteiger partial charge in [-0.05, 0) is 37.1 Å². The molecule has 0 saturated heterocycles. The van der Waals surface area contributed by atoms with Crippen molar-refractivity contribution in [3.05, 3.63) is 60.2 Å². The van der Waals surface area contributed by atoms with Crippen LogP contribution in [0, 0.1) is 5.92 Å². The fourth-order valence-corrected chi connectivity index (χ4v) is 4.96. The van der Waals surface area contributed by atoms with Gasteiger partial charge in [0.2, 0.25) is 15.9 Å². The van der Waals surface area contributed by atoms with E-state index in [1.165, 1.54) is 10.6 Å². The zero-order valence-corrected chi connectivity index (χ0v) is 17.0. The number of fused-ring (bicyclic) bond motifs is 1. The Labute approximate surface area is 161 Å². The third-order valence-corrected chi connectivity index (χ3v) is 6.12. The van der Waals surface area contributed by atoms with Crippen LogP contribution in [0.4, 0.5) is 11.4 Å². The van der Waals surface area contributed by atoms with Crippen LogP contribution in [0.2, 0.25) is 0 Å². The molecule has 2 aromatic carbocycles. The number of rotatable bonds is 4. The maximum Gasteiger partial charge on any atom is 0.232 e. The normalized spacial score (nSPS) is 19.7. The Morgan fingerprint density at radius 2 is 1.67 bits per heavy atom. The number of carbonyl (C=O) groups is 1. The monoisotopic (exact) mass is 386 g/mol. The summed E-state index contributed by atoms with van der Waals surface area (Å²) in [6.45, 7) is 5.75. The Morgan fingerprint density at radius 3 is 2.26 bits per heavy atom. The van der Waals surface area contributed by atoms with Crippen LogP contribution in [-0.2, 0) is 14.8 Å². The third kappa shape index (κ3) is 3.72. The van der Waals surface area contributed by atoms with Crippen molar-refractivity contribution in [2.75, 3.05) is 15.5 Å². The highest BCUT2D eigenvalue weighted by Crippen LogP contribution is 2.43. The maximum absolute atomic E-state index is 12.8. The molecule has 144 valence electrons. The van der Waals surface area contributed by atoms with E-state index in [1.54, 1.807) is 12.1 Å². The number of nitrogens with zero attached hydrogens (tertiary/aromatic N) is 2. The maximum atomic E-state index is 12.8. The van der Waals surface area contributed by atoms with Crippen LogP contribution in [0.25, 0.3) is 0 Å². The average Bonchev–Trinajstić information content (AvgIpc) is 2.61. The van der Waals surface area contributed by atoms with Gasteiger partial charge in [0.1, 0.15) is 0 Å². The first-order valence-corrected chi connectivity index (χ1v) is 11.0. The molecule has 5 nitrogen and oxygen atoms in total. The fraction of sp³-hybridized carbons (Fsp3) is 0.381. The van der Waals surface area contributed by atoms with Gasteiger partial charge in [0, 0.05) is 17.6 Å². The number of benzene rings is 2. The van der Waals surface area contributed by atoms with E-state index >= 15 is 0 Å². The third-order valence-electron chi connectivity index (χ3n) is 4.94. The van der Waals surface area contributed by atoms with Crippen molar-refractivity contribution in [2.45, 2.75) is 39.3 Å². The molecule has 0 saturated carbocycles. The lowest BCUT2D eigenvalue weighted by atomic mass is 9.90. The van der Waals surface area contributed by atoms with Crippen LogP contribution in [0.5, 0.6) is 0 Å². The molecular formula is C21H26N2O3S. The highest BCUT2D eigenvalue weighted by Gasteiger charge is 2.39. The molecule has 1 heterocycles. The molecule has 0 aliphatic carbocycles. The standard InChI is InChI=1S/C21H26N2O3S/c1-15(2)21(24)22-16(3)14-20(18-12-8-9-13-19(18)22)23(27(4,25)26)17-10-6-5-7-11-17/h5-13,15-16,20H,14H2,1-4H3. The minimum Gasteiger partial charge on any atom is -0.309 e. The van der Waals surface area contributed by atoms with E-state index in [4.69, 9.17) is 0 Å². The highest BCUT2D eigenvalue weighted by atomic mass is 32.2. The Kier molecular flexibility index (Phi) is 5.29. The minimum absolute atomic E-state index is 0.0546. The van der Waals surface area contributed by atoms with Gasteiger partial charge in [0.15, 0.2) is 0 Å². The van der Waals surface area contributed by atoms with Crippen LogP contribution in [0.1, 0.15) is 38.8 Å². The Balaban J connectivity index is 2.16. The van der Waals surface area contributed by atoms with Crippen molar-refractivity contribution in [3.63, 3.8) is 0 Å². The molecule has 2 unspecified atom stereocenters. The van der Waals surface area contributed by atoms with Gasteiger partial charge in [0.05, 0.1) is 18.0 Å². The number of hydrogen-bond donors (Lipinski definition) is 0. The van der Waals surface area contributed by atoms with Crippen molar-refractivity contribution < 1.29 is 13.2 Å². The SMILES string of the molecule is CC(C)C(=O)N1c2ccccc2C(N(c2ccccc2)S(C)(=O)=O)CC1C. The van der Waals surface area contributed by atoms with Crippen LogP contribution >= 0.6 is 0 Å². The predicted octanol–water partition coefficient (Wildman–Crippen LogP) is 3.98. The number of amides is 1. The van der Waals surface area contributed by atoms with Gasteiger partial charge in [-0.25, -0.2) is 8.42 Å². The largest absolute Gasteiger partial charge is 0.309 e. The summed E-state index contributed by atoms with van der Waals surface area (Å²) < 4.78 is 26.9. The van der Waals surface area contributed by atoms with Crippen molar-refractivity contribution in [2.24, 2.45) is 5.92 Å². The number of carbonyl (C=O) groups excluding carboxylic acids is 1. The summed E-state index contributed by atoms with van der Waals surface area (Å²) in [5.41, 5.74) is 2.29. The molecule has 1 aliphatic heterocycles. The second kappa shape index (κ2) is 7.35. The summed E-state index contributed by atoms with van der Waals surface area (Å²) in [5, 5.41) is 0. The zero-order valence-electron chi connectivity index (χ0n) is 16.2. The van der Waals surface area contributed by atoms with Crippen LogP contribution < -0.4 is 9.21 Å². The van der Waals surface area contributed by atoms with Crippen molar-refractivity contribution in [1.82, 2.24) is 0 Å². The predicted molar refractivity (Wildman–Crippen MR) is 109 cm³/mol. The zero-order chi connectivity index (χ0) is 19.8. The number of anilines is 2. The second-order valence-corrected chi connectivity index (χ2v) is 9.28. The molecule has 0 radical (unpaired) electrons. The molecule has 0 spiro atoms. The van der Waals surface area contributed by atoms with E-state index in [0.29, 0.717) is 12.1 Å². The molecule has 0 bridgehead atoms. The van der Waals surface area contributed by atoms with Gasteiger partial charge < -0.3 is 4.90 Å².